The van der Waals surface area contributed by atoms with E-state index in [9.17, 15) is 31.9 Å². The van der Waals surface area contributed by atoms with Crippen molar-refractivity contribution in [2.24, 2.45) is 38.8 Å². The van der Waals surface area contributed by atoms with Crippen LogP contribution in [-0.4, -0.2) is 86.2 Å². The molecule has 4 fully saturated rings. The molecule has 4 atom stereocenters. The van der Waals surface area contributed by atoms with E-state index in [2.05, 4.69) is 56.2 Å². The number of hydrogen-bond acceptors (Lipinski definition) is 13. The van der Waals surface area contributed by atoms with Crippen LogP contribution in [0.1, 0.15) is 120 Å². The fraction of sp³-hybridized carbons (Fsp3) is 0.471. The van der Waals surface area contributed by atoms with Crippen molar-refractivity contribution in [3.05, 3.63) is 112 Å². The second kappa shape index (κ2) is 23.0. The number of carbonyl (C=O) groups is 3. The van der Waals surface area contributed by atoms with Crippen LogP contribution in [0.3, 0.4) is 0 Å². The summed E-state index contributed by atoms with van der Waals surface area (Å²) in [4.78, 5) is 54.7. The lowest BCUT2D eigenvalue weighted by molar-refractivity contribution is -0.138. The van der Waals surface area contributed by atoms with Crippen molar-refractivity contribution in [1.82, 2.24) is 35.3 Å². The Labute approximate surface area is 415 Å². The minimum absolute atomic E-state index is 0.0556. The molecule has 20 heteroatoms. The molecule has 4 aromatic rings. The number of amides is 2. The van der Waals surface area contributed by atoms with Crippen molar-refractivity contribution in [2.45, 2.75) is 97.1 Å². The Bertz CT molecular complexity index is 2690. The van der Waals surface area contributed by atoms with E-state index >= 15 is 0 Å². The number of aromatic nitrogens is 4. The maximum absolute atomic E-state index is 13.6. The zero-order valence-corrected chi connectivity index (χ0v) is 40.5. The molecule has 2 bridgehead atoms. The standard InChI is InChI=1S/C20H18F2N6O.C15H17F2N3O.C11H18O.C5H2ClN3/c21-15-7-14(8-16(22)9-15)18-1-4-26-28(18)20(29)13-2-5-27(6-3-13)19-10-17(11-23)24-12-25-19;16-12-7-11(8-13(17)9-12)14-3-6-19-20(14)15(21)10-1-4-18-5-2-10;1-4-11-6-5-8(7-9(11)12)10(11,2)3;6-5-1-4(2-7)8-3-9-5/h4,7-10,12-13,18H,1-3,5-6H2;6-10,14,18H,1-5H2;8H,4-7H2,1-3H3;1,3H/t18-;14-;8?,11-;/m000./s1. The highest BCUT2D eigenvalue weighted by atomic mass is 35.5. The van der Waals surface area contributed by atoms with Crippen molar-refractivity contribution < 1.29 is 31.9 Å². The number of rotatable bonds is 6. The second-order valence-electron chi connectivity index (χ2n) is 18.9. The molecule has 2 saturated heterocycles. The first-order chi connectivity index (χ1) is 34.1. The summed E-state index contributed by atoms with van der Waals surface area (Å²) >= 11 is 5.42. The molecule has 2 aliphatic carbocycles. The lowest BCUT2D eigenvalue weighted by Crippen LogP contribution is -2.41. The van der Waals surface area contributed by atoms with Gasteiger partial charge in [0.15, 0.2) is 0 Å². The molecule has 1 unspecified atom stereocenters. The minimum atomic E-state index is -0.672. The fourth-order valence-electron chi connectivity index (χ4n) is 10.7. The van der Waals surface area contributed by atoms with Gasteiger partial charge in [-0.1, -0.05) is 32.4 Å². The third-order valence-electron chi connectivity index (χ3n) is 14.8. The minimum Gasteiger partial charge on any atom is -0.356 e. The Balaban J connectivity index is 0.000000153. The van der Waals surface area contributed by atoms with Crippen LogP contribution in [0.25, 0.3) is 0 Å². The van der Waals surface area contributed by atoms with Gasteiger partial charge < -0.3 is 10.2 Å². The molecule has 0 spiro atoms. The van der Waals surface area contributed by atoms with Gasteiger partial charge in [0.25, 0.3) is 0 Å². The average Bonchev–Trinajstić information content (AvgIpc) is 4.16. The third-order valence-corrected chi connectivity index (χ3v) is 15.0. The van der Waals surface area contributed by atoms with Crippen molar-refractivity contribution in [3.8, 4) is 12.1 Å². The Morgan fingerprint density at radius 1 is 0.718 bits per heavy atom. The second-order valence-corrected chi connectivity index (χ2v) is 19.3. The number of nitriles is 2. The molecule has 2 amide bonds. The molecule has 2 saturated carbocycles. The highest BCUT2D eigenvalue weighted by Crippen LogP contribution is 2.65. The summed E-state index contributed by atoms with van der Waals surface area (Å²) in [6.45, 7) is 9.59. The number of hydrazone groups is 2. The molecule has 2 aromatic carbocycles. The summed E-state index contributed by atoms with van der Waals surface area (Å²) in [6.07, 6.45) is 13.8. The molecule has 71 heavy (non-hydrogen) atoms. The number of nitrogens with zero attached hydrogens (tertiary/aromatic N) is 11. The molecule has 372 valence electrons. The first-order valence-corrected chi connectivity index (χ1v) is 24.2. The van der Waals surface area contributed by atoms with E-state index in [-0.39, 0.29) is 34.8 Å². The van der Waals surface area contributed by atoms with Gasteiger partial charge in [-0.15, -0.1) is 0 Å². The van der Waals surface area contributed by atoms with E-state index in [0.717, 1.165) is 57.3 Å². The van der Waals surface area contributed by atoms with E-state index in [1.165, 1.54) is 59.4 Å². The summed E-state index contributed by atoms with van der Waals surface area (Å²) in [6, 6.07) is 12.6. The average molecular weight is 996 g/mol. The summed E-state index contributed by atoms with van der Waals surface area (Å²) in [5.41, 5.74) is 1.79. The first-order valence-electron chi connectivity index (χ1n) is 23.8. The summed E-state index contributed by atoms with van der Waals surface area (Å²) in [7, 11) is 0. The van der Waals surface area contributed by atoms with Gasteiger partial charge in [-0.3, -0.25) is 14.4 Å². The van der Waals surface area contributed by atoms with Gasteiger partial charge in [-0.25, -0.2) is 47.5 Å². The Morgan fingerprint density at radius 3 is 1.63 bits per heavy atom. The summed E-state index contributed by atoms with van der Waals surface area (Å²) in [5, 5.41) is 31.8. The third kappa shape index (κ3) is 11.9. The Morgan fingerprint density at radius 2 is 1.21 bits per heavy atom. The topological polar surface area (TPSA) is 197 Å². The van der Waals surface area contributed by atoms with Gasteiger partial charge in [-0.05, 0) is 105 Å². The number of benzene rings is 2. The van der Waals surface area contributed by atoms with Crippen LogP contribution < -0.4 is 10.2 Å². The van der Waals surface area contributed by atoms with Gasteiger partial charge in [0, 0.05) is 86.3 Å². The molecule has 2 aromatic heterocycles. The predicted octanol–water partition coefficient (Wildman–Crippen LogP) is 8.82. The molecule has 1 N–H and O–H groups in total. The van der Waals surface area contributed by atoms with E-state index in [0.29, 0.717) is 83.7 Å². The molecule has 15 nitrogen and oxygen atoms in total. The monoisotopic (exact) mass is 994 g/mol. The van der Waals surface area contributed by atoms with Crippen LogP contribution in [-0.2, 0) is 14.4 Å². The van der Waals surface area contributed by atoms with Crippen LogP contribution in [0.5, 0.6) is 0 Å². The van der Waals surface area contributed by atoms with Crippen molar-refractivity contribution in [1.29, 1.82) is 10.5 Å². The number of hydrogen-bond donors (Lipinski definition) is 1. The number of nitrogens with one attached hydrogen (secondary N) is 1. The Kier molecular flexibility index (Phi) is 16.9. The predicted molar refractivity (Wildman–Crippen MR) is 256 cm³/mol. The smallest absolute Gasteiger partial charge is 0.246 e. The van der Waals surface area contributed by atoms with E-state index in [1.54, 1.807) is 18.5 Å². The lowest BCUT2D eigenvalue weighted by atomic mass is 9.67. The number of anilines is 1. The molecule has 6 heterocycles. The molecule has 4 aliphatic heterocycles. The fourth-order valence-corrected chi connectivity index (χ4v) is 10.9. The van der Waals surface area contributed by atoms with Crippen molar-refractivity contribution in [2.75, 3.05) is 31.1 Å². The largest absolute Gasteiger partial charge is 0.356 e. The number of Topliss-reactive ketones (excluding diaryl/α,β-unsaturated/α-hetero) is 1. The quantitative estimate of drug-likeness (QED) is 0.143. The summed E-state index contributed by atoms with van der Waals surface area (Å²) < 4.78 is 53.9. The molecule has 10 rings (SSSR count). The van der Waals surface area contributed by atoms with Gasteiger partial charge in [0.2, 0.25) is 11.8 Å². The van der Waals surface area contributed by atoms with Gasteiger partial charge >= 0.3 is 0 Å². The van der Waals surface area contributed by atoms with Crippen LogP contribution >= 0.6 is 11.6 Å². The normalized spacial score (nSPS) is 23.2. The zero-order valence-electron chi connectivity index (χ0n) is 39.7. The van der Waals surface area contributed by atoms with Crippen LogP contribution in [0.4, 0.5) is 23.4 Å². The molecular weight excluding hydrogens is 940 g/mol. The van der Waals surface area contributed by atoms with Crippen LogP contribution in [0, 0.1) is 74.5 Å². The number of carbonyl (C=O) groups excluding carboxylic acids is 3. The van der Waals surface area contributed by atoms with Crippen molar-refractivity contribution >= 4 is 47.4 Å². The molecule has 0 radical (unpaired) electrons. The maximum atomic E-state index is 13.6. The maximum Gasteiger partial charge on any atom is 0.246 e. The first kappa shape index (κ1) is 52.1. The summed E-state index contributed by atoms with van der Waals surface area (Å²) in [5.74, 6) is -1.22. The van der Waals surface area contributed by atoms with Gasteiger partial charge in [0.05, 0.1) is 12.1 Å². The van der Waals surface area contributed by atoms with Gasteiger partial charge in [-0.2, -0.15) is 20.7 Å². The number of fused-ring (bicyclic) bond motifs is 2. The highest BCUT2D eigenvalue weighted by molar-refractivity contribution is 6.29. The lowest BCUT2D eigenvalue weighted by Gasteiger charge is -2.35. The Hall–Kier alpha value is -6.70. The van der Waals surface area contributed by atoms with Crippen LogP contribution in [0.2, 0.25) is 5.15 Å². The molecule has 6 aliphatic rings. The van der Waals surface area contributed by atoms with E-state index in [4.69, 9.17) is 22.1 Å². The van der Waals surface area contributed by atoms with Crippen molar-refractivity contribution in [3.63, 3.8) is 0 Å². The zero-order chi connectivity index (χ0) is 50.9. The highest BCUT2D eigenvalue weighted by Gasteiger charge is 2.62. The van der Waals surface area contributed by atoms with Crippen LogP contribution in [0.15, 0.2) is 71.4 Å². The number of ketones is 1. The van der Waals surface area contributed by atoms with E-state index in [1.807, 2.05) is 17.0 Å². The number of piperidine rings is 2. The van der Waals surface area contributed by atoms with E-state index < -0.39 is 35.4 Å². The number of halogens is 5. The SMILES string of the molecule is CC[C@]12CCC(CC1=O)C2(C)C.N#Cc1cc(Cl)ncn1.N#Cc1cc(N2CCC(C(=O)N3N=CC[C@H]3c3cc(F)cc(F)c3)CC2)ncn1.O=C(C1CCNCC1)N1N=CC[C@H]1c1cc(F)cc(F)c1. The molecular formula is C51H55ClF4N12O3. The van der Waals surface area contributed by atoms with Gasteiger partial charge in [0.1, 0.15) is 76.2 Å².